The molecule has 0 radical (unpaired) electrons. The van der Waals surface area contributed by atoms with Crippen molar-refractivity contribution in [2.45, 2.75) is 46.5 Å². The van der Waals surface area contributed by atoms with Gasteiger partial charge in [0.1, 0.15) is 5.82 Å². The number of aromatic nitrogens is 2. The molecule has 1 aromatic carbocycles. The Balaban J connectivity index is 1.80. The zero-order chi connectivity index (χ0) is 20.0. The SMILES string of the molecule is CCc1ccc(C(=O)[C@@H]2CC(=O)Nc3c2c(C)nn3-c2ccc(C)c(C)c2)s1. The van der Waals surface area contributed by atoms with Gasteiger partial charge in [-0.1, -0.05) is 13.0 Å². The summed E-state index contributed by atoms with van der Waals surface area (Å²) >= 11 is 1.51. The minimum absolute atomic E-state index is 0.00327. The van der Waals surface area contributed by atoms with Crippen LogP contribution in [0.5, 0.6) is 0 Å². The number of aryl methyl sites for hydroxylation is 4. The highest BCUT2D eigenvalue weighted by Crippen LogP contribution is 2.39. The van der Waals surface area contributed by atoms with Crippen molar-refractivity contribution >= 4 is 28.8 Å². The molecule has 0 bridgehead atoms. The van der Waals surface area contributed by atoms with Crippen LogP contribution < -0.4 is 5.32 Å². The highest BCUT2D eigenvalue weighted by molar-refractivity contribution is 7.14. The monoisotopic (exact) mass is 393 g/mol. The summed E-state index contributed by atoms with van der Waals surface area (Å²) < 4.78 is 1.75. The molecule has 0 saturated carbocycles. The lowest BCUT2D eigenvalue weighted by molar-refractivity contribution is -0.116. The first-order chi connectivity index (χ1) is 13.4. The van der Waals surface area contributed by atoms with E-state index in [9.17, 15) is 9.59 Å². The molecule has 0 aliphatic carbocycles. The first-order valence-electron chi connectivity index (χ1n) is 9.49. The largest absolute Gasteiger partial charge is 0.310 e. The second kappa shape index (κ2) is 7.02. The summed E-state index contributed by atoms with van der Waals surface area (Å²) in [4.78, 5) is 27.6. The summed E-state index contributed by atoms with van der Waals surface area (Å²) in [5, 5.41) is 7.62. The lowest BCUT2D eigenvalue weighted by atomic mass is 9.87. The maximum atomic E-state index is 13.2. The summed E-state index contributed by atoms with van der Waals surface area (Å²) in [5.74, 6) is -0.0262. The van der Waals surface area contributed by atoms with E-state index in [0.717, 1.165) is 28.9 Å². The number of nitrogens with zero attached hydrogens (tertiary/aromatic N) is 2. The van der Waals surface area contributed by atoms with Crippen LogP contribution in [0.15, 0.2) is 30.3 Å². The fraction of sp³-hybridized carbons (Fsp3) is 0.318. The normalized spacial score (nSPS) is 16.0. The molecule has 3 heterocycles. The molecule has 1 aliphatic heterocycles. The van der Waals surface area contributed by atoms with Gasteiger partial charge in [0.2, 0.25) is 5.91 Å². The Morgan fingerprint density at radius 2 is 2.00 bits per heavy atom. The molecule has 144 valence electrons. The molecule has 1 amide bonds. The standard InChI is InChI=1S/C22H23N3O2S/c1-5-16-8-9-18(28-16)21(27)17-11-19(26)23-22-20(17)14(4)24-25(22)15-7-6-12(2)13(3)10-15/h6-10,17H,5,11H2,1-4H3,(H,23,26)/t17-/m1/s1. The molecular weight excluding hydrogens is 370 g/mol. The quantitative estimate of drug-likeness (QED) is 0.652. The molecule has 3 aromatic rings. The minimum Gasteiger partial charge on any atom is -0.310 e. The van der Waals surface area contributed by atoms with Crippen molar-refractivity contribution < 1.29 is 9.59 Å². The average molecular weight is 394 g/mol. The summed E-state index contributed by atoms with van der Waals surface area (Å²) in [6.07, 6.45) is 1.06. The zero-order valence-corrected chi connectivity index (χ0v) is 17.3. The van der Waals surface area contributed by atoms with Gasteiger partial charge in [0.05, 0.1) is 22.2 Å². The van der Waals surface area contributed by atoms with E-state index in [0.29, 0.717) is 10.7 Å². The number of anilines is 1. The Morgan fingerprint density at radius 3 is 2.68 bits per heavy atom. The highest BCUT2D eigenvalue weighted by atomic mass is 32.1. The number of carbonyl (C=O) groups excluding carboxylic acids is 2. The van der Waals surface area contributed by atoms with Crippen molar-refractivity contribution in [3.8, 4) is 5.69 Å². The maximum Gasteiger partial charge on any atom is 0.226 e. The van der Waals surface area contributed by atoms with Gasteiger partial charge in [0.15, 0.2) is 5.78 Å². The van der Waals surface area contributed by atoms with Crippen LogP contribution >= 0.6 is 11.3 Å². The maximum absolute atomic E-state index is 13.2. The Kier molecular flexibility index (Phi) is 4.67. The van der Waals surface area contributed by atoms with Gasteiger partial charge in [-0.2, -0.15) is 5.10 Å². The number of hydrogen-bond acceptors (Lipinski definition) is 4. The van der Waals surface area contributed by atoms with E-state index < -0.39 is 5.92 Å². The van der Waals surface area contributed by atoms with Gasteiger partial charge in [-0.05, 0) is 62.6 Å². The summed E-state index contributed by atoms with van der Waals surface area (Å²) in [6, 6.07) is 9.94. The topological polar surface area (TPSA) is 64.0 Å². The molecule has 0 saturated heterocycles. The van der Waals surface area contributed by atoms with E-state index in [1.54, 1.807) is 4.68 Å². The molecule has 1 atom stereocenters. The predicted octanol–water partition coefficient (Wildman–Crippen LogP) is 4.73. The number of Topliss-reactive ketones (excluding diaryl/α,β-unsaturated/α-hetero) is 1. The number of amides is 1. The second-order valence-electron chi connectivity index (χ2n) is 7.32. The fourth-order valence-electron chi connectivity index (χ4n) is 3.69. The Hall–Kier alpha value is -2.73. The third-order valence-corrected chi connectivity index (χ3v) is 6.65. The van der Waals surface area contributed by atoms with E-state index in [-0.39, 0.29) is 18.1 Å². The number of nitrogens with one attached hydrogen (secondary N) is 1. The lowest BCUT2D eigenvalue weighted by Crippen LogP contribution is -2.28. The van der Waals surface area contributed by atoms with Crippen molar-refractivity contribution in [2.24, 2.45) is 0 Å². The second-order valence-corrected chi connectivity index (χ2v) is 8.49. The van der Waals surface area contributed by atoms with E-state index in [2.05, 4.69) is 31.2 Å². The third kappa shape index (κ3) is 3.07. The first-order valence-corrected chi connectivity index (χ1v) is 10.3. The van der Waals surface area contributed by atoms with Crippen LogP contribution in [0.2, 0.25) is 0 Å². The summed E-state index contributed by atoms with van der Waals surface area (Å²) in [5.41, 5.74) is 4.83. The Bertz CT molecular complexity index is 1090. The minimum atomic E-state index is -0.493. The van der Waals surface area contributed by atoms with E-state index in [4.69, 9.17) is 0 Å². The number of hydrogen-bond donors (Lipinski definition) is 1. The third-order valence-electron chi connectivity index (χ3n) is 5.41. The van der Waals surface area contributed by atoms with Gasteiger partial charge < -0.3 is 5.32 Å². The van der Waals surface area contributed by atoms with Gasteiger partial charge in [-0.3, -0.25) is 9.59 Å². The van der Waals surface area contributed by atoms with Crippen LogP contribution in [0.25, 0.3) is 5.69 Å². The molecule has 0 unspecified atom stereocenters. The van der Waals surface area contributed by atoms with Gasteiger partial charge in [0.25, 0.3) is 0 Å². The number of fused-ring (bicyclic) bond motifs is 1. The highest BCUT2D eigenvalue weighted by Gasteiger charge is 2.36. The van der Waals surface area contributed by atoms with Crippen LogP contribution in [-0.2, 0) is 11.2 Å². The van der Waals surface area contributed by atoms with Crippen molar-refractivity contribution in [1.29, 1.82) is 0 Å². The Morgan fingerprint density at radius 1 is 1.21 bits per heavy atom. The van der Waals surface area contributed by atoms with Crippen molar-refractivity contribution in [1.82, 2.24) is 9.78 Å². The van der Waals surface area contributed by atoms with Crippen LogP contribution in [0.4, 0.5) is 5.82 Å². The van der Waals surface area contributed by atoms with Crippen molar-refractivity contribution in [2.75, 3.05) is 5.32 Å². The molecule has 5 nitrogen and oxygen atoms in total. The first kappa shape index (κ1) is 18.6. The van der Waals surface area contributed by atoms with Gasteiger partial charge in [0, 0.05) is 16.9 Å². The molecule has 28 heavy (non-hydrogen) atoms. The number of benzene rings is 1. The van der Waals surface area contributed by atoms with Crippen LogP contribution in [0.3, 0.4) is 0 Å². The number of carbonyl (C=O) groups is 2. The zero-order valence-electron chi connectivity index (χ0n) is 16.5. The van der Waals surface area contributed by atoms with E-state index in [1.807, 2.05) is 37.3 Å². The molecule has 1 aliphatic rings. The molecule has 1 N–H and O–H groups in total. The number of ketones is 1. The average Bonchev–Trinajstić information content (AvgIpc) is 3.28. The number of rotatable bonds is 4. The summed E-state index contributed by atoms with van der Waals surface area (Å²) in [7, 11) is 0. The molecular formula is C22H23N3O2S. The smallest absolute Gasteiger partial charge is 0.226 e. The van der Waals surface area contributed by atoms with Gasteiger partial charge in [-0.15, -0.1) is 11.3 Å². The molecule has 0 spiro atoms. The summed E-state index contributed by atoms with van der Waals surface area (Å²) in [6.45, 7) is 8.09. The lowest BCUT2D eigenvalue weighted by Gasteiger charge is -2.22. The van der Waals surface area contributed by atoms with E-state index in [1.165, 1.54) is 21.8 Å². The van der Waals surface area contributed by atoms with Crippen LogP contribution in [-0.4, -0.2) is 21.5 Å². The fourth-order valence-corrected chi connectivity index (χ4v) is 4.63. The molecule has 6 heteroatoms. The molecule has 2 aromatic heterocycles. The van der Waals surface area contributed by atoms with Gasteiger partial charge in [-0.25, -0.2) is 4.68 Å². The molecule has 0 fully saturated rings. The van der Waals surface area contributed by atoms with Crippen molar-refractivity contribution in [3.63, 3.8) is 0 Å². The Labute approximate surface area is 168 Å². The van der Waals surface area contributed by atoms with Crippen LogP contribution in [0.1, 0.15) is 56.2 Å². The van der Waals surface area contributed by atoms with Crippen LogP contribution in [0, 0.1) is 20.8 Å². The molecule has 4 rings (SSSR count). The van der Waals surface area contributed by atoms with Crippen molar-refractivity contribution in [3.05, 3.63) is 62.5 Å². The number of thiophene rings is 1. The predicted molar refractivity (Wildman–Crippen MR) is 112 cm³/mol. The van der Waals surface area contributed by atoms with E-state index >= 15 is 0 Å². The van der Waals surface area contributed by atoms with Gasteiger partial charge >= 0.3 is 0 Å².